The number of nitrogens with zero attached hydrogens (tertiary/aromatic N) is 5. The summed E-state index contributed by atoms with van der Waals surface area (Å²) in [5.41, 5.74) is 7.99. The molecule has 5 rings (SSSR count). The fourth-order valence-corrected chi connectivity index (χ4v) is 4.65. The molecule has 1 fully saturated rings. The summed E-state index contributed by atoms with van der Waals surface area (Å²) >= 11 is 0. The van der Waals surface area contributed by atoms with Crippen molar-refractivity contribution >= 4 is 22.5 Å². The van der Waals surface area contributed by atoms with E-state index in [1.807, 2.05) is 75.1 Å². The molecule has 1 aliphatic heterocycles. The van der Waals surface area contributed by atoms with E-state index in [0.29, 0.717) is 23.8 Å². The van der Waals surface area contributed by atoms with E-state index in [-0.39, 0.29) is 5.91 Å². The first-order chi connectivity index (χ1) is 17.3. The quantitative estimate of drug-likeness (QED) is 0.412. The lowest BCUT2D eigenvalue weighted by molar-refractivity contribution is 0.0787. The van der Waals surface area contributed by atoms with Crippen LogP contribution in [0.25, 0.3) is 22.3 Å². The van der Waals surface area contributed by atoms with Crippen molar-refractivity contribution < 1.29 is 4.79 Å². The van der Waals surface area contributed by atoms with Gasteiger partial charge in [0.05, 0.1) is 34.7 Å². The molecule has 0 aliphatic carbocycles. The number of amides is 1. The van der Waals surface area contributed by atoms with Gasteiger partial charge < -0.3 is 15.5 Å². The standard InChI is InChI=1S/C28H33N7O/c1-6-35-19(4)20(13-30-35)16-34(5)28(36)24-12-27(33-25-8-7-17(2)9-23(24)25)26-11-21(10-18(3)31-26)32-22-14-29-15-22/h7-13,22,29H,6,14-16H2,1-5H3,(H,31,32). The van der Waals surface area contributed by atoms with Gasteiger partial charge in [0.1, 0.15) is 0 Å². The van der Waals surface area contributed by atoms with Gasteiger partial charge in [-0.2, -0.15) is 5.10 Å². The molecule has 2 N–H and O–H groups in total. The molecule has 36 heavy (non-hydrogen) atoms. The largest absolute Gasteiger partial charge is 0.380 e. The lowest BCUT2D eigenvalue weighted by Gasteiger charge is -2.29. The summed E-state index contributed by atoms with van der Waals surface area (Å²) in [6.07, 6.45) is 1.85. The lowest BCUT2D eigenvalue weighted by atomic mass is 10.0. The number of carbonyl (C=O) groups excluding carboxylic acids is 1. The fraction of sp³-hybridized carbons (Fsp3) is 0.357. The number of aromatic nitrogens is 4. The Morgan fingerprint density at radius 2 is 1.89 bits per heavy atom. The Morgan fingerprint density at radius 1 is 1.11 bits per heavy atom. The summed E-state index contributed by atoms with van der Waals surface area (Å²) in [5.74, 6) is -0.0514. The van der Waals surface area contributed by atoms with Gasteiger partial charge in [-0.05, 0) is 58.0 Å². The Labute approximate surface area is 211 Å². The number of anilines is 1. The third kappa shape index (κ3) is 4.68. The van der Waals surface area contributed by atoms with Gasteiger partial charge in [-0.15, -0.1) is 0 Å². The van der Waals surface area contributed by atoms with Gasteiger partial charge in [0.25, 0.3) is 5.91 Å². The molecule has 1 aromatic carbocycles. The molecule has 0 radical (unpaired) electrons. The first-order valence-corrected chi connectivity index (χ1v) is 12.5. The average Bonchev–Trinajstić information content (AvgIpc) is 3.18. The van der Waals surface area contributed by atoms with Crippen molar-refractivity contribution in [3.8, 4) is 11.4 Å². The molecule has 8 nitrogen and oxygen atoms in total. The van der Waals surface area contributed by atoms with Crippen LogP contribution in [0.5, 0.6) is 0 Å². The first kappa shape index (κ1) is 23.9. The molecule has 4 aromatic rings. The third-order valence-corrected chi connectivity index (χ3v) is 6.82. The van der Waals surface area contributed by atoms with E-state index in [4.69, 9.17) is 9.97 Å². The maximum Gasteiger partial charge on any atom is 0.254 e. The van der Waals surface area contributed by atoms with Crippen LogP contribution in [0, 0.1) is 20.8 Å². The van der Waals surface area contributed by atoms with E-state index in [1.165, 1.54) is 0 Å². The summed E-state index contributed by atoms with van der Waals surface area (Å²) in [6, 6.07) is 12.4. The topological polar surface area (TPSA) is 88.0 Å². The summed E-state index contributed by atoms with van der Waals surface area (Å²) in [5, 5.41) is 12.1. The molecule has 1 aliphatic rings. The number of nitrogens with one attached hydrogen (secondary N) is 2. The summed E-state index contributed by atoms with van der Waals surface area (Å²) < 4.78 is 1.95. The molecule has 1 amide bonds. The highest BCUT2D eigenvalue weighted by Crippen LogP contribution is 2.28. The minimum Gasteiger partial charge on any atom is -0.380 e. The SMILES string of the molecule is CCn1ncc(CN(C)C(=O)c2cc(-c3cc(NC4CNC4)cc(C)n3)nc3ccc(C)cc23)c1C. The van der Waals surface area contributed by atoms with Crippen LogP contribution in [0.3, 0.4) is 0 Å². The molecule has 8 heteroatoms. The van der Waals surface area contributed by atoms with Crippen molar-refractivity contribution in [2.75, 3.05) is 25.5 Å². The molecule has 4 heterocycles. The Hall–Kier alpha value is -3.78. The van der Waals surface area contributed by atoms with Gasteiger partial charge in [-0.1, -0.05) is 11.6 Å². The number of aryl methyl sites for hydroxylation is 3. The second kappa shape index (κ2) is 9.70. The Morgan fingerprint density at radius 3 is 2.58 bits per heavy atom. The highest BCUT2D eigenvalue weighted by atomic mass is 16.2. The van der Waals surface area contributed by atoms with E-state index in [2.05, 4.69) is 22.7 Å². The number of benzene rings is 1. The normalized spacial score (nSPS) is 13.6. The van der Waals surface area contributed by atoms with Gasteiger partial charge in [-0.3, -0.25) is 14.5 Å². The smallest absolute Gasteiger partial charge is 0.254 e. The maximum absolute atomic E-state index is 13.8. The zero-order valence-corrected chi connectivity index (χ0v) is 21.6. The summed E-state index contributed by atoms with van der Waals surface area (Å²) in [7, 11) is 1.84. The zero-order chi connectivity index (χ0) is 25.4. The van der Waals surface area contributed by atoms with Gasteiger partial charge in [0, 0.05) is 61.3 Å². The van der Waals surface area contributed by atoms with Crippen LogP contribution in [0.15, 0.2) is 42.6 Å². The van der Waals surface area contributed by atoms with Gasteiger partial charge in [-0.25, -0.2) is 4.98 Å². The lowest BCUT2D eigenvalue weighted by Crippen LogP contribution is -2.51. The van der Waals surface area contributed by atoms with Crippen LogP contribution >= 0.6 is 0 Å². The van der Waals surface area contributed by atoms with E-state index >= 15 is 0 Å². The number of carbonyl (C=O) groups is 1. The second-order valence-electron chi connectivity index (χ2n) is 9.69. The molecule has 3 aromatic heterocycles. The summed E-state index contributed by atoms with van der Waals surface area (Å²) in [6.45, 7) is 11.3. The van der Waals surface area contributed by atoms with Gasteiger partial charge >= 0.3 is 0 Å². The van der Waals surface area contributed by atoms with Crippen molar-refractivity contribution in [2.45, 2.75) is 46.8 Å². The molecule has 186 valence electrons. The van der Waals surface area contributed by atoms with Crippen LogP contribution in [0.4, 0.5) is 5.69 Å². The first-order valence-electron chi connectivity index (χ1n) is 12.5. The Balaban J connectivity index is 1.54. The molecule has 1 saturated heterocycles. The van der Waals surface area contributed by atoms with Crippen LogP contribution in [0.2, 0.25) is 0 Å². The van der Waals surface area contributed by atoms with E-state index < -0.39 is 0 Å². The molecule has 0 bridgehead atoms. The van der Waals surface area contributed by atoms with Crippen molar-refractivity contribution in [1.29, 1.82) is 0 Å². The number of hydrogen-bond acceptors (Lipinski definition) is 6. The van der Waals surface area contributed by atoms with E-state index in [0.717, 1.165) is 64.4 Å². The van der Waals surface area contributed by atoms with Crippen molar-refractivity contribution in [2.24, 2.45) is 0 Å². The maximum atomic E-state index is 13.8. The predicted molar refractivity (Wildman–Crippen MR) is 143 cm³/mol. The van der Waals surface area contributed by atoms with E-state index in [1.54, 1.807) is 4.90 Å². The molecular formula is C28H33N7O. The molecule has 0 spiro atoms. The minimum absolute atomic E-state index is 0.0514. The van der Waals surface area contributed by atoms with Gasteiger partial charge in [0.15, 0.2) is 0 Å². The van der Waals surface area contributed by atoms with E-state index in [9.17, 15) is 4.79 Å². The Kier molecular flexibility index (Phi) is 6.45. The number of hydrogen-bond donors (Lipinski definition) is 2. The van der Waals surface area contributed by atoms with Crippen molar-refractivity contribution in [3.05, 3.63) is 70.7 Å². The number of rotatable bonds is 7. The second-order valence-corrected chi connectivity index (χ2v) is 9.69. The summed E-state index contributed by atoms with van der Waals surface area (Å²) in [4.78, 5) is 25.2. The number of fused-ring (bicyclic) bond motifs is 1. The van der Waals surface area contributed by atoms with Gasteiger partial charge in [0.2, 0.25) is 0 Å². The molecule has 0 atom stereocenters. The van der Waals surface area contributed by atoms with Crippen LogP contribution in [0.1, 0.15) is 39.8 Å². The Bertz CT molecular complexity index is 1440. The highest BCUT2D eigenvalue weighted by molar-refractivity contribution is 6.07. The van der Waals surface area contributed by atoms with Crippen LogP contribution < -0.4 is 10.6 Å². The van der Waals surface area contributed by atoms with Crippen LogP contribution in [-0.4, -0.2) is 56.7 Å². The highest BCUT2D eigenvalue weighted by Gasteiger charge is 2.21. The van der Waals surface area contributed by atoms with Crippen LogP contribution in [-0.2, 0) is 13.1 Å². The molecule has 0 saturated carbocycles. The van der Waals surface area contributed by atoms with Crippen molar-refractivity contribution in [3.63, 3.8) is 0 Å². The van der Waals surface area contributed by atoms with Crippen molar-refractivity contribution in [1.82, 2.24) is 30.0 Å². The predicted octanol–water partition coefficient (Wildman–Crippen LogP) is 4.09. The fourth-order valence-electron chi connectivity index (χ4n) is 4.65. The molecular weight excluding hydrogens is 450 g/mol. The zero-order valence-electron chi connectivity index (χ0n) is 21.6. The average molecular weight is 484 g/mol. The number of pyridine rings is 2. The molecule has 0 unspecified atom stereocenters. The monoisotopic (exact) mass is 483 g/mol. The third-order valence-electron chi connectivity index (χ3n) is 6.82. The minimum atomic E-state index is -0.0514.